The van der Waals surface area contributed by atoms with Crippen molar-refractivity contribution in [3.8, 4) is 0 Å². The summed E-state index contributed by atoms with van der Waals surface area (Å²) < 4.78 is 0. The van der Waals surface area contributed by atoms with Crippen LogP contribution in [-0.2, 0) is 16.1 Å². The smallest absolute Gasteiger partial charge is 0.338 e. The third-order valence-corrected chi connectivity index (χ3v) is 2.72. The summed E-state index contributed by atoms with van der Waals surface area (Å²) >= 11 is 1.62. The Morgan fingerprint density at radius 2 is 2.35 bits per heavy atom. The number of hydrogen-bond donors (Lipinski definition) is 3. The molecule has 17 heavy (non-hydrogen) atoms. The summed E-state index contributed by atoms with van der Waals surface area (Å²) in [6.45, 7) is 1.29. The molecule has 1 unspecified atom stereocenters. The van der Waals surface area contributed by atoms with Crippen LogP contribution in [0.5, 0.6) is 0 Å². The average molecular weight is 258 g/mol. The van der Waals surface area contributed by atoms with E-state index in [1.807, 2.05) is 29.9 Å². The molecule has 1 aromatic rings. The highest BCUT2D eigenvalue weighted by Crippen LogP contribution is 2.10. The second-order valence-electron chi connectivity index (χ2n) is 3.44. The zero-order chi connectivity index (χ0) is 12.7. The van der Waals surface area contributed by atoms with Crippen molar-refractivity contribution in [3.63, 3.8) is 0 Å². The maximum atomic E-state index is 11.2. The molecule has 6 nitrogen and oxygen atoms in total. The number of amides is 2. The molecule has 0 aliphatic heterocycles. The SMILES string of the molecule is CC(Cc1cccs1)NC(=O)NOCC(=O)O. The molecule has 0 aliphatic carbocycles. The molecule has 0 radical (unpaired) electrons. The van der Waals surface area contributed by atoms with Crippen LogP contribution in [0.25, 0.3) is 0 Å². The van der Waals surface area contributed by atoms with Crippen molar-refractivity contribution in [1.82, 2.24) is 10.8 Å². The molecule has 0 aliphatic rings. The molecule has 1 rings (SSSR count). The van der Waals surface area contributed by atoms with E-state index in [0.717, 1.165) is 6.42 Å². The maximum Gasteiger partial charge on any atom is 0.338 e. The number of carboxylic acid groups (broad SMARTS) is 1. The normalized spacial score (nSPS) is 11.8. The topological polar surface area (TPSA) is 87.7 Å². The van der Waals surface area contributed by atoms with Gasteiger partial charge in [-0.15, -0.1) is 11.3 Å². The van der Waals surface area contributed by atoms with Gasteiger partial charge in [0, 0.05) is 17.3 Å². The van der Waals surface area contributed by atoms with Gasteiger partial charge in [-0.25, -0.2) is 15.1 Å². The first-order valence-corrected chi connectivity index (χ1v) is 5.88. The van der Waals surface area contributed by atoms with Crippen molar-refractivity contribution in [2.24, 2.45) is 0 Å². The minimum Gasteiger partial charge on any atom is -0.479 e. The van der Waals surface area contributed by atoms with Crippen LogP contribution >= 0.6 is 11.3 Å². The lowest BCUT2D eigenvalue weighted by Gasteiger charge is -2.13. The van der Waals surface area contributed by atoms with Gasteiger partial charge in [0.1, 0.15) is 0 Å². The third kappa shape index (κ3) is 5.88. The molecule has 0 bridgehead atoms. The van der Waals surface area contributed by atoms with Gasteiger partial charge in [-0.2, -0.15) is 0 Å². The number of aliphatic carboxylic acids is 1. The lowest BCUT2D eigenvalue weighted by Crippen LogP contribution is -2.42. The zero-order valence-corrected chi connectivity index (χ0v) is 10.1. The first-order valence-electron chi connectivity index (χ1n) is 5.00. The summed E-state index contributed by atoms with van der Waals surface area (Å²) in [4.78, 5) is 27.0. The van der Waals surface area contributed by atoms with Crippen molar-refractivity contribution in [3.05, 3.63) is 22.4 Å². The van der Waals surface area contributed by atoms with Gasteiger partial charge in [0.25, 0.3) is 0 Å². The Morgan fingerprint density at radius 3 is 2.94 bits per heavy atom. The van der Waals surface area contributed by atoms with E-state index in [0.29, 0.717) is 0 Å². The van der Waals surface area contributed by atoms with Crippen molar-refractivity contribution >= 4 is 23.3 Å². The van der Waals surface area contributed by atoms with Crippen LogP contribution in [0.1, 0.15) is 11.8 Å². The van der Waals surface area contributed by atoms with Crippen molar-refractivity contribution in [2.75, 3.05) is 6.61 Å². The Kier molecular flexibility index (Phi) is 5.44. The van der Waals surface area contributed by atoms with E-state index in [1.165, 1.54) is 4.88 Å². The maximum absolute atomic E-state index is 11.2. The molecule has 0 fully saturated rings. The first kappa shape index (κ1) is 13.5. The van der Waals surface area contributed by atoms with Crippen LogP contribution in [0.15, 0.2) is 17.5 Å². The summed E-state index contributed by atoms with van der Waals surface area (Å²) in [6, 6.07) is 3.34. The van der Waals surface area contributed by atoms with Crippen LogP contribution in [0.2, 0.25) is 0 Å². The Hall–Kier alpha value is -1.60. The molecule has 1 aromatic heterocycles. The molecule has 7 heteroatoms. The fourth-order valence-electron chi connectivity index (χ4n) is 1.20. The number of thiophene rings is 1. The van der Waals surface area contributed by atoms with Gasteiger partial charge in [0.15, 0.2) is 6.61 Å². The number of carbonyl (C=O) groups excluding carboxylic acids is 1. The Labute approximate surface area is 103 Å². The molecular formula is C10H14N2O4S. The summed E-state index contributed by atoms with van der Waals surface area (Å²) in [7, 11) is 0. The van der Waals surface area contributed by atoms with E-state index in [-0.39, 0.29) is 6.04 Å². The fourth-order valence-corrected chi connectivity index (χ4v) is 2.03. The number of rotatable bonds is 6. The summed E-state index contributed by atoms with van der Waals surface area (Å²) in [5, 5.41) is 12.9. The lowest BCUT2D eigenvalue weighted by molar-refractivity contribution is -0.144. The van der Waals surface area contributed by atoms with Gasteiger partial charge in [0.05, 0.1) is 0 Å². The predicted octanol–water partition coefficient (Wildman–Crippen LogP) is 0.994. The van der Waals surface area contributed by atoms with Crippen molar-refractivity contribution in [2.45, 2.75) is 19.4 Å². The quantitative estimate of drug-likeness (QED) is 0.664. The molecule has 0 saturated carbocycles. The Bertz CT molecular complexity index is 366. The molecule has 1 atom stereocenters. The molecule has 1 heterocycles. The Balaban J connectivity index is 2.19. The number of hydrogen-bond acceptors (Lipinski definition) is 4. The highest BCUT2D eigenvalue weighted by molar-refractivity contribution is 7.09. The van der Waals surface area contributed by atoms with Gasteiger partial charge >= 0.3 is 12.0 Å². The van der Waals surface area contributed by atoms with E-state index in [1.54, 1.807) is 11.3 Å². The number of nitrogens with one attached hydrogen (secondary N) is 2. The largest absolute Gasteiger partial charge is 0.479 e. The van der Waals surface area contributed by atoms with E-state index in [9.17, 15) is 9.59 Å². The van der Waals surface area contributed by atoms with Crippen molar-refractivity contribution in [1.29, 1.82) is 0 Å². The highest BCUT2D eigenvalue weighted by Gasteiger charge is 2.08. The zero-order valence-electron chi connectivity index (χ0n) is 9.30. The molecular weight excluding hydrogens is 244 g/mol. The van der Waals surface area contributed by atoms with E-state index < -0.39 is 18.6 Å². The Morgan fingerprint density at radius 1 is 1.59 bits per heavy atom. The highest BCUT2D eigenvalue weighted by atomic mass is 32.1. The molecule has 0 aromatic carbocycles. The second kappa shape index (κ2) is 6.87. The summed E-state index contributed by atoms with van der Waals surface area (Å²) in [6.07, 6.45) is 0.726. The van der Waals surface area contributed by atoms with E-state index in [4.69, 9.17) is 5.11 Å². The van der Waals surface area contributed by atoms with Gasteiger partial charge in [0.2, 0.25) is 0 Å². The molecule has 0 spiro atoms. The first-order chi connectivity index (χ1) is 8.08. The molecule has 0 saturated heterocycles. The fraction of sp³-hybridized carbons (Fsp3) is 0.400. The van der Waals surface area contributed by atoms with Gasteiger partial charge in [-0.05, 0) is 18.4 Å². The van der Waals surface area contributed by atoms with Gasteiger partial charge < -0.3 is 10.4 Å². The van der Waals surface area contributed by atoms with Crippen LogP contribution in [0.3, 0.4) is 0 Å². The lowest BCUT2D eigenvalue weighted by atomic mass is 10.2. The van der Waals surface area contributed by atoms with Crippen LogP contribution in [-0.4, -0.2) is 29.8 Å². The van der Waals surface area contributed by atoms with Crippen molar-refractivity contribution < 1.29 is 19.5 Å². The van der Waals surface area contributed by atoms with Crippen LogP contribution in [0.4, 0.5) is 4.79 Å². The third-order valence-electron chi connectivity index (χ3n) is 1.83. The summed E-state index contributed by atoms with van der Waals surface area (Å²) in [5.41, 5.74) is 2.00. The van der Waals surface area contributed by atoms with E-state index in [2.05, 4.69) is 10.2 Å². The van der Waals surface area contributed by atoms with E-state index >= 15 is 0 Å². The van der Waals surface area contributed by atoms with Gasteiger partial charge in [-0.1, -0.05) is 6.07 Å². The van der Waals surface area contributed by atoms with Gasteiger partial charge in [-0.3, -0.25) is 4.84 Å². The number of carboxylic acids is 1. The number of carbonyl (C=O) groups is 2. The molecule has 2 amide bonds. The minimum atomic E-state index is -1.14. The molecule has 94 valence electrons. The molecule has 3 N–H and O–H groups in total. The van der Waals surface area contributed by atoms with Crippen LogP contribution < -0.4 is 10.8 Å². The summed E-state index contributed by atoms with van der Waals surface area (Å²) in [5.74, 6) is -1.14. The minimum absolute atomic E-state index is 0.0536. The standard InChI is InChI=1S/C10H14N2O4S/c1-7(5-8-3-2-4-17-8)11-10(15)12-16-6-9(13)14/h2-4,7H,5-6H2,1H3,(H,13,14)(H2,11,12,15). The monoisotopic (exact) mass is 258 g/mol. The average Bonchev–Trinajstić information content (AvgIpc) is 2.69. The predicted molar refractivity (Wildman–Crippen MR) is 62.7 cm³/mol. The number of urea groups is 1. The van der Waals surface area contributed by atoms with Crippen LogP contribution in [0, 0.1) is 0 Å². The number of hydroxylamine groups is 1. The second-order valence-corrected chi connectivity index (χ2v) is 4.47.